The van der Waals surface area contributed by atoms with Crippen molar-refractivity contribution < 1.29 is 50.4 Å². The Kier molecular flexibility index (Phi) is 64.0. The Labute approximate surface area is 61.6 Å². The molecule has 0 atom stereocenters. The zero-order valence-electron chi connectivity index (χ0n) is 2.60. The van der Waals surface area contributed by atoms with Crippen LogP contribution in [0.15, 0.2) is 0 Å². The summed E-state index contributed by atoms with van der Waals surface area (Å²) in [6.07, 6.45) is 0. The van der Waals surface area contributed by atoms with Crippen LogP contribution in [-0.4, -0.2) is 8.42 Å². The van der Waals surface area contributed by atoms with Gasteiger partial charge in [0, 0.05) is 0 Å². The molecule has 0 aliphatic carbocycles. The van der Waals surface area contributed by atoms with Gasteiger partial charge in [0.2, 0.25) is 0 Å². The van der Waals surface area contributed by atoms with Gasteiger partial charge < -0.3 is 12.4 Å². The molecule has 0 aliphatic heterocycles. The quantitative estimate of drug-likeness (QED) is 0.300. The predicted octanol–water partition coefficient (Wildman–Crippen LogP) is -6.66. The van der Waals surface area contributed by atoms with E-state index in [0.29, 0.717) is 0 Å². The first-order chi connectivity index (χ1) is 1.41. The summed E-state index contributed by atoms with van der Waals surface area (Å²) in [7, 11) is 0. The van der Waals surface area contributed by atoms with Crippen molar-refractivity contribution >= 4 is 11.6 Å². The Hall–Kier alpha value is 1.11. The molecule has 0 bridgehead atoms. The fourth-order valence-electron chi connectivity index (χ4n) is 0. The van der Waals surface area contributed by atoms with Crippen LogP contribution in [0.5, 0.6) is 0 Å². The van der Waals surface area contributed by atoms with Gasteiger partial charge in [-0.05, 0) is 0 Å². The third-order valence-corrected chi connectivity index (χ3v) is 0. The van der Waals surface area contributed by atoms with E-state index in [2.05, 4.69) is 0 Å². The molecule has 0 fully saturated rings. The molecule has 0 aromatic rings. The molecule has 0 saturated heterocycles. The van der Waals surface area contributed by atoms with Crippen LogP contribution in [0, 0.1) is 0 Å². The molecule has 26 valence electrons. The second-order valence-electron chi connectivity index (χ2n) is 0.0680. The smallest absolute Gasteiger partial charge is 1.00 e. The van der Waals surface area contributed by atoms with Gasteiger partial charge in [0.05, 0.1) is 0 Å². The van der Waals surface area contributed by atoms with E-state index >= 15 is 0 Å². The van der Waals surface area contributed by atoms with Crippen molar-refractivity contribution in [2.24, 2.45) is 0 Å². The molecule has 0 aromatic carbocycles. The summed E-state index contributed by atoms with van der Waals surface area (Å²) < 4.78 is 16.6. The van der Waals surface area contributed by atoms with Crippen molar-refractivity contribution in [1.82, 2.24) is 0 Å². The van der Waals surface area contributed by atoms with Crippen LogP contribution in [0.4, 0.5) is 0 Å². The molecule has 2 nitrogen and oxygen atoms in total. The van der Waals surface area contributed by atoms with Crippen LogP contribution in [0.25, 0.3) is 0 Å². The summed E-state index contributed by atoms with van der Waals surface area (Å²) in [5, 5.41) is 0. The summed E-state index contributed by atoms with van der Waals surface area (Å²) in [6.45, 7) is 0. The monoisotopic (exact) mass is 122 g/mol. The molecule has 0 rings (SSSR count). The Morgan fingerprint density at radius 1 is 1.20 bits per heavy atom. The Morgan fingerprint density at radius 2 is 1.20 bits per heavy atom. The van der Waals surface area contributed by atoms with E-state index in [9.17, 15) is 0 Å². The van der Waals surface area contributed by atoms with Crippen LogP contribution in [0.3, 0.4) is 0 Å². The van der Waals surface area contributed by atoms with Crippen LogP contribution in [0.2, 0.25) is 0 Å². The summed E-state index contributed by atoms with van der Waals surface area (Å²) in [5.74, 6) is 0. The molecule has 0 amide bonds. The molecule has 0 spiro atoms. The van der Waals surface area contributed by atoms with Crippen molar-refractivity contribution in [2.45, 2.75) is 0 Å². The van der Waals surface area contributed by atoms with Gasteiger partial charge >= 0.3 is 41.1 Å². The molecule has 0 saturated carbocycles. The molecule has 5 heteroatoms. The van der Waals surface area contributed by atoms with Crippen molar-refractivity contribution in [3.05, 3.63) is 0 Å². The van der Waals surface area contributed by atoms with E-state index < -0.39 is 11.6 Å². The maximum atomic E-state index is 8.29. The normalized spacial score (nSPS) is 2.40. The maximum absolute atomic E-state index is 8.29. The van der Waals surface area contributed by atoms with Crippen molar-refractivity contribution in [3.63, 3.8) is 0 Å². The zero-order chi connectivity index (χ0) is 2.71. The van der Waals surface area contributed by atoms with Crippen LogP contribution >= 0.6 is 0 Å². The SMILES string of the molecule is O=S=O.[Cl-].[Na+]. The van der Waals surface area contributed by atoms with Crippen LogP contribution in [0.1, 0.15) is 0 Å². The minimum Gasteiger partial charge on any atom is -1.00 e. The van der Waals surface area contributed by atoms with Crippen molar-refractivity contribution in [1.29, 1.82) is 0 Å². The average molecular weight is 123 g/mol. The molecular formula is ClNaO2S. The fourth-order valence-corrected chi connectivity index (χ4v) is 0. The van der Waals surface area contributed by atoms with Crippen LogP contribution in [-0.2, 0) is 11.6 Å². The fraction of sp³-hybridized carbons (Fsp3) is 0. The van der Waals surface area contributed by atoms with Crippen LogP contribution < -0.4 is 42.0 Å². The van der Waals surface area contributed by atoms with Gasteiger partial charge in [-0.2, -0.15) is 8.42 Å². The topological polar surface area (TPSA) is 34.1 Å². The van der Waals surface area contributed by atoms with Crippen molar-refractivity contribution in [2.75, 3.05) is 0 Å². The van der Waals surface area contributed by atoms with E-state index in [1.807, 2.05) is 0 Å². The Bertz CT molecular complexity index is 30.6. The average Bonchev–Trinajstić information content (AvgIpc) is 0.918. The molecule has 0 heterocycles. The van der Waals surface area contributed by atoms with Gasteiger partial charge in [0.25, 0.3) is 0 Å². The predicted molar refractivity (Wildman–Crippen MR) is 8.92 cm³/mol. The van der Waals surface area contributed by atoms with E-state index in [0.717, 1.165) is 0 Å². The summed E-state index contributed by atoms with van der Waals surface area (Å²) in [4.78, 5) is 0. The molecule has 0 N–H and O–H groups in total. The third-order valence-electron chi connectivity index (χ3n) is 0. The number of hydrogen-bond acceptors (Lipinski definition) is 2. The van der Waals surface area contributed by atoms with Gasteiger partial charge in [-0.25, -0.2) is 0 Å². The Morgan fingerprint density at radius 3 is 1.20 bits per heavy atom. The second kappa shape index (κ2) is 19.4. The molecule has 0 aliphatic rings. The van der Waals surface area contributed by atoms with Gasteiger partial charge in [-0.15, -0.1) is 0 Å². The molecule has 0 radical (unpaired) electrons. The van der Waals surface area contributed by atoms with Gasteiger partial charge in [-0.1, -0.05) is 0 Å². The van der Waals surface area contributed by atoms with Gasteiger partial charge in [-0.3, -0.25) is 0 Å². The molecule has 0 aromatic heterocycles. The molecular weight excluding hydrogens is 123 g/mol. The van der Waals surface area contributed by atoms with Gasteiger partial charge in [0.15, 0.2) is 0 Å². The largest absolute Gasteiger partial charge is 1.00 e. The summed E-state index contributed by atoms with van der Waals surface area (Å²) >= 11 is -0.750. The standard InChI is InChI=1S/ClH.Na.O2S/c;;1-3-2/h1H;;/q;+1;/p-1. The number of halogens is 1. The zero-order valence-corrected chi connectivity index (χ0v) is 6.18. The van der Waals surface area contributed by atoms with Gasteiger partial charge in [0.1, 0.15) is 0 Å². The second-order valence-corrected chi connectivity index (χ2v) is 0.204. The number of hydrogen-bond donors (Lipinski definition) is 0. The first kappa shape index (κ1) is 16.5. The van der Waals surface area contributed by atoms with Crippen molar-refractivity contribution in [3.8, 4) is 0 Å². The summed E-state index contributed by atoms with van der Waals surface area (Å²) in [5.41, 5.74) is 0. The summed E-state index contributed by atoms with van der Waals surface area (Å²) in [6, 6.07) is 0. The third kappa shape index (κ3) is 40.1. The van der Waals surface area contributed by atoms with E-state index in [1.54, 1.807) is 0 Å². The molecule has 5 heavy (non-hydrogen) atoms. The van der Waals surface area contributed by atoms with E-state index in [1.165, 1.54) is 0 Å². The van der Waals surface area contributed by atoms with E-state index in [-0.39, 0.29) is 42.0 Å². The Balaban J connectivity index is -0.0000000200. The van der Waals surface area contributed by atoms with E-state index in [4.69, 9.17) is 8.42 Å². The first-order valence-corrected chi connectivity index (χ1v) is 1.00. The minimum atomic E-state index is -0.750. The molecule has 0 unspecified atom stereocenters. The maximum Gasteiger partial charge on any atom is 1.00 e. The number of rotatable bonds is 0. The first-order valence-electron chi connectivity index (χ1n) is 0.333. The minimum absolute atomic E-state index is 0.